The van der Waals surface area contributed by atoms with E-state index in [1.165, 1.54) is 58.5 Å². The van der Waals surface area contributed by atoms with Gasteiger partial charge in [-0.25, -0.2) is 0 Å². The van der Waals surface area contributed by atoms with Gasteiger partial charge in [0.2, 0.25) is 0 Å². The molecule has 0 saturated carbocycles. The molecule has 2 atom stereocenters. The van der Waals surface area contributed by atoms with Crippen LogP contribution in [0.15, 0.2) is 0 Å². The summed E-state index contributed by atoms with van der Waals surface area (Å²) in [6, 6.07) is 0.714. The summed E-state index contributed by atoms with van der Waals surface area (Å²) in [4.78, 5) is 5.20. The third-order valence-corrected chi connectivity index (χ3v) is 4.32. The van der Waals surface area contributed by atoms with Crippen LogP contribution in [-0.4, -0.2) is 62.2 Å². The minimum Gasteiger partial charge on any atom is -0.313 e. The van der Waals surface area contributed by atoms with Crippen LogP contribution in [0, 0.1) is 11.8 Å². The lowest BCUT2D eigenvalue weighted by molar-refractivity contribution is 0.218. The zero-order valence-corrected chi connectivity index (χ0v) is 12.5. The second-order valence-electron chi connectivity index (χ2n) is 6.81. The molecule has 2 fully saturated rings. The number of rotatable bonds is 4. The molecule has 0 amide bonds. The fourth-order valence-corrected chi connectivity index (χ4v) is 3.51. The molecule has 0 aromatic heterocycles. The van der Waals surface area contributed by atoms with Crippen LogP contribution in [0.5, 0.6) is 0 Å². The van der Waals surface area contributed by atoms with Gasteiger partial charge >= 0.3 is 0 Å². The van der Waals surface area contributed by atoms with Gasteiger partial charge in [-0.3, -0.25) is 0 Å². The summed E-state index contributed by atoms with van der Waals surface area (Å²) < 4.78 is 0. The standard InChI is InChI=1S/C15H31N3/c1-13(2)9-15-12-18(7-4-6-16-15)11-14-5-8-17(3)10-14/h13-16H,4-12H2,1-3H3. The van der Waals surface area contributed by atoms with Crippen molar-refractivity contribution in [1.29, 1.82) is 0 Å². The Balaban J connectivity index is 1.79. The average Bonchev–Trinajstić information content (AvgIpc) is 2.56. The molecule has 0 bridgehead atoms. The highest BCUT2D eigenvalue weighted by Gasteiger charge is 2.24. The predicted octanol–water partition coefficient (Wildman–Crippen LogP) is 1.65. The quantitative estimate of drug-likeness (QED) is 0.822. The summed E-state index contributed by atoms with van der Waals surface area (Å²) in [6.45, 7) is 12.4. The predicted molar refractivity (Wildman–Crippen MR) is 77.9 cm³/mol. The van der Waals surface area contributed by atoms with E-state index in [0.717, 1.165) is 11.8 Å². The van der Waals surface area contributed by atoms with Crippen LogP contribution in [0.2, 0.25) is 0 Å². The number of nitrogens with one attached hydrogen (secondary N) is 1. The van der Waals surface area contributed by atoms with Gasteiger partial charge in [-0.15, -0.1) is 0 Å². The van der Waals surface area contributed by atoms with Crippen LogP contribution in [0.1, 0.15) is 33.1 Å². The maximum absolute atomic E-state index is 3.72. The van der Waals surface area contributed by atoms with Crippen molar-refractivity contribution < 1.29 is 0 Å². The molecule has 0 aromatic rings. The van der Waals surface area contributed by atoms with Crippen molar-refractivity contribution >= 4 is 0 Å². The van der Waals surface area contributed by atoms with E-state index in [2.05, 4.69) is 36.0 Å². The van der Waals surface area contributed by atoms with E-state index in [1.807, 2.05) is 0 Å². The van der Waals surface area contributed by atoms with E-state index in [9.17, 15) is 0 Å². The van der Waals surface area contributed by atoms with E-state index in [4.69, 9.17) is 0 Å². The van der Waals surface area contributed by atoms with Gasteiger partial charge < -0.3 is 15.1 Å². The van der Waals surface area contributed by atoms with Gasteiger partial charge in [-0.2, -0.15) is 0 Å². The van der Waals surface area contributed by atoms with Gasteiger partial charge in [0.15, 0.2) is 0 Å². The molecular weight excluding hydrogens is 222 g/mol. The van der Waals surface area contributed by atoms with Crippen LogP contribution in [-0.2, 0) is 0 Å². The molecule has 0 aliphatic carbocycles. The molecule has 0 radical (unpaired) electrons. The van der Waals surface area contributed by atoms with Crippen LogP contribution in [0.4, 0.5) is 0 Å². The molecule has 0 spiro atoms. The Labute approximate surface area is 113 Å². The monoisotopic (exact) mass is 253 g/mol. The minimum absolute atomic E-state index is 0.714. The lowest BCUT2D eigenvalue weighted by Crippen LogP contribution is -2.40. The molecule has 106 valence electrons. The molecule has 1 N–H and O–H groups in total. The zero-order chi connectivity index (χ0) is 13.0. The van der Waals surface area contributed by atoms with Gasteiger partial charge in [-0.05, 0) is 57.8 Å². The first-order valence-electron chi connectivity index (χ1n) is 7.77. The van der Waals surface area contributed by atoms with Gasteiger partial charge in [0.05, 0.1) is 0 Å². The van der Waals surface area contributed by atoms with Crippen LogP contribution in [0.3, 0.4) is 0 Å². The second kappa shape index (κ2) is 6.88. The maximum atomic E-state index is 3.72. The van der Waals surface area contributed by atoms with E-state index in [1.54, 1.807) is 0 Å². The SMILES string of the molecule is CC(C)CC1CN(CC2CCN(C)C2)CCCN1. The molecular formula is C15H31N3. The van der Waals surface area contributed by atoms with Crippen molar-refractivity contribution in [2.45, 2.75) is 39.2 Å². The summed E-state index contributed by atoms with van der Waals surface area (Å²) in [7, 11) is 2.26. The zero-order valence-electron chi connectivity index (χ0n) is 12.5. The summed E-state index contributed by atoms with van der Waals surface area (Å²) >= 11 is 0. The van der Waals surface area contributed by atoms with E-state index < -0.39 is 0 Å². The fraction of sp³-hybridized carbons (Fsp3) is 1.00. The van der Waals surface area contributed by atoms with Crippen LogP contribution in [0.25, 0.3) is 0 Å². The number of nitrogens with zero attached hydrogens (tertiary/aromatic N) is 2. The average molecular weight is 253 g/mol. The van der Waals surface area contributed by atoms with Crippen molar-refractivity contribution in [2.24, 2.45) is 11.8 Å². The normalized spacial score (nSPS) is 32.0. The Morgan fingerprint density at radius 2 is 2.06 bits per heavy atom. The Kier molecular flexibility index (Phi) is 5.46. The summed E-state index contributed by atoms with van der Waals surface area (Å²) in [5.74, 6) is 1.72. The maximum Gasteiger partial charge on any atom is 0.0197 e. The summed E-state index contributed by atoms with van der Waals surface area (Å²) in [5.41, 5.74) is 0. The Hall–Kier alpha value is -0.120. The molecule has 2 aliphatic rings. The van der Waals surface area contributed by atoms with Crippen LogP contribution >= 0.6 is 0 Å². The lowest BCUT2D eigenvalue weighted by Gasteiger charge is -2.27. The third kappa shape index (κ3) is 4.52. The second-order valence-corrected chi connectivity index (χ2v) is 6.81. The Morgan fingerprint density at radius 1 is 1.22 bits per heavy atom. The van der Waals surface area contributed by atoms with Crippen LogP contribution < -0.4 is 5.32 Å². The topological polar surface area (TPSA) is 18.5 Å². The molecule has 2 aliphatic heterocycles. The molecule has 2 heterocycles. The lowest BCUT2D eigenvalue weighted by atomic mass is 10.0. The van der Waals surface area contributed by atoms with Gasteiger partial charge in [0, 0.05) is 25.7 Å². The minimum atomic E-state index is 0.714. The summed E-state index contributed by atoms with van der Waals surface area (Å²) in [6.07, 6.45) is 4.04. The molecule has 2 rings (SSSR count). The number of likely N-dealkylation sites (tertiary alicyclic amines) is 1. The first-order valence-corrected chi connectivity index (χ1v) is 7.77. The highest BCUT2D eigenvalue weighted by molar-refractivity contribution is 4.81. The van der Waals surface area contributed by atoms with Gasteiger partial charge in [0.1, 0.15) is 0 Å². The molecule has 3 nitrogen and oxygen atoms in total. The number of hydrogen-bond donors (Lipinski definition) is 1. The highest BCUT2D eigenvalue weighted by atomic mass is 15.2. The summed E-state index contributed by atoms with van der Waals surface area (Å²) in [5, 5.41) is 3.72. The highest BCUT2D eigenvalue weighted by Crippen LogP contribution is 2.17. The third-order valence-electron chi connectivity index (χ3n) is 4.32. The van der Waals surface area contributed by atoms with E-state index >= 15 is 0 Å². The molecule has 18 heavy (non-hydrogen) atoms. The Bertz CT molecular complexity index is 242. The van der Waals surface area contributed by atoms with Crippen molar-refractivity contribution in [1.82, 2.24) is 15.1 Å². The fourth-order valence-electron chi connectivity index (χ4n) is 3.51. The Morgan fingerprint density at radius 3 is 2.72 bits per heavy atom. The molecule has 2 unspecified atom stereocenters. The number of hydrogen-bond acceptors (Lipinski definition) is 3. The van der Waals surface area contributed by atoms with Crippen molar-refractivity contribution in [2.75, 3.05) is 46.3 Å². The molecule has 2 saturated heterocycles. The molecule has 0 aromatic carbocycles. The first-order chi connectivity index (χ1) is 8.63. The van der Waals surface area contributed by atoms with E-state index in [-0.39, 0.29) is 0 Å². The van der Waals surface area contributed by atoms with Gasteiger partial charge in [-0.1, -0.05) is 13.8 Å². The smallest absolute Gasteiger partial charge is 0.0197 e. The van der Waals surface area contributed by atoms with Crippen molar-refractivity contribution in [3.63, 3.8) is 0 Å². The first kappa shape index (κ1) is 14.3. The van der Waals surface area contributed by atoms with E-state index in [0.29, 0.717) is 6.04 Å². The largest absolute Gasteiger partial charge is 0.313 e. The van der Waals surface area contributed by atoms with Gasteiger partial charge in [0.25, 0.3) is 0 Å². The van der Waals surface area contributed by atoms with Crippen molar-refractivity contribution in [3.05, 3.63) is 0 Å². The van der Waals surface area contributed by atoms with Crippen molar-refractivity contribution in [3.8, 4) is 0 Å². The molecule has 3 heteroatoms.